The molecule has 15 heavy (non-hydrogen) atoms. The first-order valence-electron chi connectivity index (χ1n) is 5.70. The smallest absolute Gasteiger partial charge is 0.0458 e. The molecular weight excluding hydrogens is 184 g/mol. The highest BCUT2D eigenvalue weighted by molar-refractivity contribution is 5.99. The molecule has 2 nitrogen and oxygen atoms in total. The van der Waals surface area contributed by atoms with Crippen LogP contribution < -0.4 is 0 Å². The summed E-state index contributed by atoms with van der Waals surface area (Å²) in [4.78, 5) is 6.92. The van der Waals surface area contributed by atoms with Crippen LogP contribution in [0.25, 0.3) is 0 Å². The monoisotopic (exact) mass is 204 g/mol. The van der Waals surface area contributed by atoms with Crippen LogP contribution in [0.15, 0.2) is 28.0 Å². The molecule has 0 aromatic rings. The summed E-state index contributed by atoms with van der Waals surface area (Å²) in [6.45, 7) is 4.33. The topological polar surface area (TPSA) is 15.6 Å². The van der Waals surface area contributed by atoms with Crippen LogP contribution >= 0.6 is 0 Å². The number of hydrogen-bond donors (Lipinski definition) is 0. The molecule has 0 radical (unpaired) electrons. The van der Waals surface area contributed by atoms with Crippen molar-refractivity contribution in [3.8, 4) is 0 Å². The first-order valence-corrected chi connectivity index (χ1v) is 5.70. The average Bonchev–Trinajstić information content (AvgIpc) is 2.19. The van der Waals surface area contributed by atoms with Crippen molar-refractivity contribution in [2.45, 2.75) is 33.1 Å². The van der Waals surface area contributed by atoms with Gasteiger partial charge in [0.2, 0.25) is 0 Å². The van der Waals surface area contributed by atoms with E-state index >= 15 is 0 Å². The van der Waals surface area contributed by atoms with Crippen molar-refractivity contribution in [1.29, 1.82) is 0 Å². The van der Waals surface area contributed by atoms with E-state index in [0.717, 1.165) is 0 Å². The molecular formula is C13H20N2. The van der Waals surface area contributed by atoms with Gasteiger partial charge in [0.1, 0.15) is 0 Å². The minimum absolute atomic E-state index is 0.678. The van der Waals surface area contributed by atoms with Crippen LogP contribution in [0.1, 0.15) is 33.1 Å². The number of hydrogen-bond acceptors (Lipinski definition) is 2. The molecule has 0 saturated heterocycles. The minimum atomic E-state index is 0.678. The van der Waals surface area contributed by atoms with Gasteiger partial charge in [0.05, 0.1) is 0 Å². The Hall–Kier alpha value is -1.05. The van der Waals surface area contributed by atoms with Gasteiger partial charge in [-0.25, -0.2) is 0 Å². The quantitative estimate of drug-likeness (QED) is 0.641. The molecule has 82 valence electrons. The zero-order valence-corrected chi connectivity index (χ0v) is 10.2. The van der Waals surface area contributed by atoms with Gasteiger partial charge >= 0.3 is 0 Å². The summed E-state index contributed by atoms with van der Waals surface area (Å²) in [7, 11) is 4.23. The van der Waals surface area contributed by atoms with E-state index in [4.69, 9.17) is 4.99 Å². The molecule has 0 spiro atoms. The number of nitrogens with zero attached hydrogens (tertiary/aromatic N) is 2. The molecule has 0 saturated carbocycles. The van der Waals surface area contributed by atoms with E-state index in [2.05, 4.69) is 38.9 Å². The van der Waals surface area contributed by atoms with E-state index < -0.39 is 0 Å². The zero-order valence-electron chi connectivity index (χ0n) is 10.2. The molecule has 0 aromatic carbocycles. The van der Waals surface area contributed by atoms with Gasteiger partial charge in [0.15, 0.2) is 0 Å². The summed E-state index contributed by atoms with van der Waals surface area (Å²) in [5.74, 6) is 0.678. The number of fused-ring (bicyclic) bond motifs is 1. The van der Waals surface area contributed by atoms with Crippen molar-refractivity contribution >= 4 is 5.71 Å². The maximum Gasteiger partial charge on any atom is 0.0458 e. The maximum absolute atomic E-state index is 4.71. The largest absolute Gasteiger partial charge is 0.381 e. The van der Waals surface area contributed by atoms with E-state index in [1.165, 1.54) is 41.9 Å². The van der Waals surface area contributed by atoms with Crippen LogP contribution in [-0.4, -0.2) is 24.7 Å². The summed E-state index contributed by atoms with van der Waals surface area (Å²) < 4.78 is 0. The Morgan fingerprint density at radius 2 is 2.07 bits per heavy atom. The second kappa shape index (κ2) is 3.84. The van der Waals surface area contributed by atoms with E-state index in [9.17, 15) is 0 Å². The van der Waals surface area contributed by atoms with Gasteiger partial charge in [-0.1, -0.05) is 5.57 Å². The molecule has 0 N–H and O–H groups in total. The van der Waals surface area contributed by atoms with Gasteiger partial charge in [0, 0.05) is 37.1 Å². The Bertz CT molecular complexity index is 359. The highest BCUT2D eigenvalue weighted by Gasteiger charge is 2.24. The molecule has 1 aliphatic carbocycles. The molecule has 0 bridgehead atoms. The van der Waals surface area contributed by atoms with Crippen molar-refractivity contribution < 1.29 is 0 Å². The molecule has 1 heterocycles. The van der Waals surface area contributed by atoms with Crippen LogP contribution in [0.5, 0.6) is 0 Å². The first kappa shape index (κ1) is 10.5. The molecule has 1 aliphatic heterocycles. The molecule has 0 aromatic heterocycles. The minimum Gasteiger partial charge on any atom is -0.381 e. The van der Waals surface area contributed by atoms with Crippen LogP contribution in [-0.2, 0) is 0 Å². The van der Waals surface area contributed by atoms with Crippen LogP contribution in [0.3, 0.4) is 0 Å². The normalized spacial score (nSPS) is 25.7. The van der Waals surface area contributed by atoms with Crippen molar-refractivity contribution in [3.63, 3.8) is 0 Å². The maximum atomic E-state index is 4.71. The lowest BCUT2D eigenvalue weighted by atomic mass is 9.83. The van der Waals surface area contributed by atoms with E-state index in [1.807, 2.05) is 0 Å². The molecule has 1 atom stereocenters. The number of aliphatic imine (C=N–C) groups is 1. The molecule has 1 unspecified atom stereocenters. The standard InChI is InChI=1S/C13H20N2/c1-9-7-11-5-6-12(15(3)4)8-13(11)14-10(9)2/h8,11H,5-7H2,1-4H3. The van der Waals surface area contributed by atoms with Gasteiger partial charge in [-0.2, -0.15) is 0 Å². The van der Waals surface area contributed by atoms with Gasteiger partial charge in [0.25, 0.3) is 0 Å². The highest BCUT2D eigenvalue weighted by atomic mass is 15.1. The molecule has 2 aliphatic rings. The Labute approximate surface area is 92.4 Å². The van der Waals surface area contributed by atoms with Crippen LogP contribution in [0, 0.1) is 5.92 Å². The summed E-state index contributed by atoms with van der Waals surface area (Å²) in [6.07, 6.45) is 5.95. The van der Waals surface area contributed by atoms with Crippen molar-refractivity contribution in [2.75, 3.05) is 14.1 Å². The second-order valence-electron chi connectivity index (χ2n) is 4.87. The van der Waals surface area contributed by atoms with E-state index in [-0.39, 0.29) is 0 Å². The average molecular weight is 204 g/mol. The Balaban J connectivity index is 2.31. The Morgan fingerprint density at radius 1 is 1.33 bits per heavy atom. The third kappa shape index (κ3) is 1.99. The lowest BCUT2D eigenvalue weighted by Gasteiger charge is -2.30. The van der Waals surface area contributed by atoms with Crippen LogP contribution in [0.2, 0.25) is 0 Å². The molecule has 0 fully saturated rings. The Kier molecular flexibility index (Phi) is 2.68. The van der Waals surface area contributed by atoms with E-state index in [1.54, 1.807) is 0 Å². The fraction of sp³-hybridized carbons (Fsp3) is 0.615. The number of rotatable bonds is 1. The van der Waals surface area contributed by atoms with Gasteiger partial charge in [-0.3, -0.25) is 4.99 Å². The van der Waals surface area contributed by atoms with Crippen molar-refractivity contribution in [3.05, 3.63) is 23.0 Å². The van der Waals surface area contributed by atoms with Gasteiger partial charge < -0.3 is 4.90 Å². The Morgan fingerprint density at radius 3 is 2.73 bits per heavy atom. The second-order valence-corrected chi connectivity index (χ2v) is 4.87. The van der Waals surface area contributed by atoms with E-state index in [0.29, 0.717) is 5.92 Å². The third-order valence-corrected chi connectivity index (χ3v) is 3.52. The fourth-order valence-electron chi connectivity index (χ4n) is 2.32. The summed E-state index contributed by atoms with van der Waals surface area (Å²) >= 11 is 0. The third-order valence-electron chi connectivity index (χ3n) is 3.52. The predicted molar refractivity (Wildman–Crippen MR) is 64.9 cm³/mol. The highest BCUT2D eigenvalue weighted by Crippen LogP contribution is 2.32. The van der Waals surface area contributed by atoms with Crippen molar-refractivity contribution in [2.24, 2.45) is 10.9 Å². The summed E-state index contributed by atoms with van der Waals surface area (Å²) in [5.41, 5.74) is 5.40. The first-order chi connectivity index (χ1) is 7.08. The molecule has 2 rings (SSSR count). The molecule has 2 heteroatoms. The fourth-order valence-corrected chi connectivity index (χ4v) is 2.32. The lowest BCUT2D eigenvalue weighted by molar-refractivity contribution is 0.454. The molecule has 0 amide bonds. The lowest BCUT2D eigenvalue weighted by Crippen LogP contribution is -2.25. The zero-order chi connectivity index (χ0) is 11.0. The van der Waals surface area contributed by atoms with Gasteiger partial charge in [-0.15, -0.1) is 0 Å². The predicted octanol–water partition coefficient (Wildman–Crippen LogP) is 2.98. The summed E-state index contributed by atoms with van der Waals surface area (Å²) in [5, 5.41) is 0. The van der Waals surface area contributed by atoms with Gasteiger partial charge in [-0.05, 0) is 39.2 Å². The number of allylic oxidation sites excluding steroid dienone is 4. The SMILES string of the molecule is CC1=C(C)N=C2C=C(N(C)C)CCC2C1. The van der Waals surface area contributed by atoms with Crippen molar-refractivity contribution in [1.82, 2.24) is 4.90 Å². The van der Waals surface area contributed by atoms with Crippen LogP contribution in [0.4, 0.5) is 0 Å². The summed E-state index contributed by atoms with van der Waals surface area (Å²) in [6, 6.07) is 0.